The average Bonchev–Trinajstić information content (AvgIpc) is 2.33. The van der Waals surface area contributed by atoms with Crippen molar-refractivity contribution in [2.45, 2.75) is 6.54 Å². The SMILES string of the molecule is NCc1cnc(-c2ccc(O)c(O)c2)nc1. The molecule has 2 aromatic rings. The molecule has 0 saturated carbocycles. The maximum Gasteiger partial charge on any atom is 0.159 e. The number of hydrogen-bond acceptors (Lipinski definition) is 5. The summed E-state index contributed by atoms with van der Waals surface area (Å²) in [6, 6.07) is 4.43. The molecule has 1 aromatic carbocycles. The largest absolute Gasteiger partial charge is 0.504 e. The van der Waals surface area contributed by atoms with E-state index in [2.05, 4.69) is 9.97 Å². The number of aromatic hydroxyl groups is 2. The van der Waals surface area contributed by atoms with E-state index in [-0.39, 0.29) is 11.5 Å². The van der Waals surface area contributed by atoms with E-state index in [1.165, 1.54) is 12.1 Å². The molecule has 0 fully saturated rings. The maximum absolute atomic E-state index is 9.34. The summed E-state index contributed by atoms with van der Waals surface area (Å²) in [6.45, 7) is 0.390. The van der Waals surface area contributed by atoms with E-state index in [9.17, 15) is 5.11 Å². The van der Waals surface area contributed by atoms with Crippen molar-refractivity contribution in [3.8, 4) is 22.9 Å². The fraction of sp³-hybridized carbons (Fsp3) is 0.0909. The molecule has 0 aliphatic heterocycles. The molecule has 0 spiro atoms. The molecule has 0 bridgehead atoms. The number of benzene rings is 1. The van der Waals surface area contributed by atoms with Crippen molar-refractivity contribution < 1.29 is 10.2 Å². The van der Waals surface area contributed by atoms with Gasteiger partial charge < -0.3 is 15.9 Å². The third-order valence-corrected chi connectivity index (χ3v) is 2.17. The Morgan fingerprint density at radius 1 is 1.06 bits per heavy atom. The highest BCUT2D eigenvalue weighted by Crippen LogP contribution is 2.28. The molecule has 5 heteroatoms. The van der Waals surface area contributed by atoms with Gasteiger partial charge in [0.25, 0.3) is 0 Å². The van der Waals surface area contributed by atoms with Crippen LogP contribution in [0.5, 0.6) is 11.5 Å². The van der Waals surface area contributed by atoms with Crippen LogP contribution in [0.15, 0.2) is 30.6 Å². The van der Waals surface area contributed by atoms with Crippen molar-refractivity contribution in [1.29, 1.82) is 0 Å². The molecular weight excluding hydrogens is 206 g/mol. The van der Waals surface area contributed by atoms with Crippen molar-refractivity contribution in [2.24, 2.45) is 5.73 Å². The van der Waals surface area contributed by atoms with Crippen LogP contribution in [0.4, 0.5) is 0 Å². The lowest BCUT2D eigenvalue weighted by Crippen LogP contribution is -1.98. The van der Waals surface area contributed by atoms with E-state index in [0.29, 0.717) is 17.9 Å². The second-order valence-electron chi connectivity index (χ2n) is 3.32. The Kier molecular flexibility index (Phi) is 2.70. The van der Waals surface area contributed by atoms with Gasteiger partial charge in [-0.25, -0.2) is 9.97 Å². The Labute approximate surface area is 92.2 Å². The molecule has 0 aliphatic rings. The van der Waals surface area contributed by atoms with E-state index >= 15 is 0 Å². The van der Waals surface area contributed by atoms with Gasteiger partial charge in [0.15, 0.2) is 17.3 Å². The van der Waals surface area contributed by atoms with Crippen molar-refractivity contribution in [1.82, 2.24) is 9.97 Å². The molecule has 1 aromatic heterocycles. The zero-order valence-electron chi connectivity index (χ0n) is 8.46. The van der Waals surface area contributed by atoms with Gasteiger partial charge in [-0.15, -0.1) is 0 Å². The van der Waals surface area contributed by atoms with Crippen molar-refractivity contribution in [3.63, 3.8) is 0 Å². The monoisotopic (exact) mass is 217 g/mol. The number of rotatable bonds is 2. The van der Waals surface area contributed by atoms with Crippen LogP contribution in [0.3, 0.4) is 0 Å². The summed E-state index contributed by atoms with van der Waals surface area (Å²) in [7, 11) is 0. The maximum atomic E-state index is 9.34. The summed E-state index contributed by atoms with van der Waals surface area (Å²) in [5.74, 6) is 0.124. The Morgan fingerprint density at radius 2 is 1.75 bits per heavy atom. The van der Waals surface area contributed by atoms with Crippen LogP contribution in [0.2, 0.25) is 0 Å². The molecule has 0 unspecified atom stereocenters. The molecule has 0 saturated heterocycles. The Morgan fingerprint density at radius 3 is 2.31 bits per heavy atom. The molecule has 0 aliphatic carbocycles. The zero-order chi connectivity index (χ0) is 11.5. The molecule has 4 N–H and O–H groups in total. The van der Waals surface area contributed by atoms with Gasteiger partial charge in [-0.2, -0.15) is 0 Å². The number of hydrogen-bond donors (Lipinski definition) is 3. The molecule has 2 rings (SSSR count). The number of nitrogens with zero attached hydrogens (tertiary/aromatic N) is 2. The first-order valence-corrected chi connectivity index (χ1v) is 4.74. The number of nitrogens with two attached hydrogens (primary N) is 1. The molecule has 82 valence electrons. The minimum absolute atomic E-state index is 0.165. The van der Waals surface area contributed by atoms with Crippen LogP contribution >= 0.6 is 0 Å². The lowest BCUT2D eigenvalue weighted by Gasteiger charge is -2.03. The molecule has 5 nitrogen and oxygen atoms in total. The molecule has 0 radical (unpaired) electrons. The Balaban J connectivity index is 2.38. The first-order chi connectivity index (χ1) is 7.70. The summed E-state index contributed by atoms with van der Waals surface area (Å²) in [6.07, 6.45) is 3.26. The number of phenolic OH excluding ortho intramolecular Hbond substituents is 2. The van der Waals surface area contributed by atoms with Gasteiger partial charge >= 0.3 is 0 Å². The quantitative estimate of drug-likeness (QED) is 0.653. The van der Waals surface area contributed by atoms with E-state index in [0.717, 1.165) is 5.56 Å². The standard InChI is InChI=1S/C11H11N3O2/c12-4-7-5-13-11(14-6-7)8-1-2-9(15)10(16)3-8/h1-3,5-6,15-16H,4,12H2. The molecule has 0 atom stereocenters. The molecule has 1 heterocycles. The Hall–Kier alpha value is -2.14. The molecular formula is C11H11N3O2. The Bertz CT molecular complexity index is 497. The lowest BCUT2D eigenvalue weighted by atomic mass is 10.2. The van der Waals surface area contributed by atoms with Gasteiger partial charge in [-0.05, 0) is 18.2 Å². The highest BCUT2D eigenvalue weighted by atomic mass is 16.3. The molecule has 16 heavy (non-hydrogen) atoms. The zero-order valence-corrected chi connectivity index (χ0v) is 8.46. The van der Waals surface area contributed by atoms with Crippen molar-refractivity contribution >= 4 is 0 Å². The predicted octanol–water partition coefficient (Wildman–Crippen LogP) is 1.01. The minimum Gasteiger partial charge on any atom is -0.504 e. The fourth-order valence-corrected chi connectivity index (χ4v) is 1.27. The highest BCUT2D eigenvalue weighted by Gasteiger charge is 2.05. The first kappa shape index (κ1) is 10.4. The fourth-order valence-electron chi connectivity index (χ4n) is 1.27. The summed E-state index contributed by atoms with van der Waals surface area (Å²) in [5, 5.41) is 18.5. The van der Waals surface area contributed by atoms with Crippen LogP contribution < -0.4 is 5.73 Å². The third kappa shape index (κ3) is 1.94. The van der Waals surface area contributed by atoms with Crippen molar-refractivity contribution in [2.75, 3.05) is 0 Å². The van der Waals surface area contributed by atoms with Crippen LogP contribution in [-0.4, -0.2) is 20.2 Å². The van der Waals surface area contributed by atoms with Gasteiger partial charge in [0.2, 0.25) is 0 Å². The van der Waals surface area contributed by atoms with E-state index in [1.807, 2.05) is 0 Å². The average molecular weight is 217 g/mol. The number of aromatic nitrogens is 2. The van der Waals surface area contributed by atoms with Crippen LogP contribution in [-0.2, 0) is 6.54 Å². The third-order valence-electron chi connectivity index (χ3n) is 2.17. The van der Waals surface area contributed by atoms with E-state index < -0.39 is 0 Å². The van der Waals surface area contributed by atoms with E-state index in [4.69, 9.17) is 10.8 Å². The normalized spacial score (nSPS) is 10.3. The molecule has 0 amide bonds. The highest BCUT2D eigenvalue weighted by molar-refractivity contribution is 5.60. The number of phenols is 2. The van der Waals surface area contributed by atoms with Crippen LogP contribution in [0.25, 0.3) is 11.4 Å². The van der Waals surface area contributed by atoms with Crippen molar-refractivity contribution in [3.05, 3.63) is 36.2 Å². The van der Waals surface area contributed by atoms with Gasteiger partial charge in [0.1, 0.15) is 0 Å². The predicted molar refractivity (Wildman–Crippen MR) is 58.7 cm³/mol. The minimum atomic E-state index is -0.191. The van der Waals surface area contributed by atoms with Crippen LogP contribution in [0, 0.1) is 0 Å². The lowest BCUT2D eigenvalue weighted by molar-refractivity contribution is 0.404. The van der Waals surface area contributed by atoms with Gasteiger partial charge in [-0.3, -0.25) is 0 Å². The van der Waals surface area contributed by atoms with E-state index in [1.54, 1.807) is 18.5 Å². The first-order valence-electron chi connectivity index (χ1n) is 4.74. The summed E-state index contributed by atoms with van der Waals surface area (Å²) >= 11 is 0. The summed E-state index contributed by atoms with van der Waals surface area (Å²) in [5.41, 5.74) is 6.91. The van der Waals surface area contributed by atoms with Gasteiger partial charge in [-0.1, -0.05) is 0 Å². The topological polar surface area (TPSA) is 92.3 Å². The second kappa shape index (κ2) is 4.16. The van der Waals surface area contributed by atoms with Gasteiger partial charge in [0, 0.05) is 30.1 Å². The smallest absolute Gasteiger partial charge is 0.159 e. The van der Waals surface area contributed by atoms with Gasteiger partial charge in [0.05, 0.1) is 0 Å². The summed E-state index contributed by atoms with van der Waals surface area (Å²) in [4.78, 5) is 8.21. The summed E-state index contributed by atoms with van der Waals surface area (Å²) < 4.78 is 0. The second-order valence-corrected chi connectivity index (χ2v) is 3.32. The van der Waals surface area contributed by atoms with Crippen LogP contribution in [0.1, 0.15) is 5.56 Å².